The van der Waals surface area contributed by atoms with E-state index < -0.39 is 0 Å². The molecule has 0 radical (unpaired) electrons. The Kier molecular flexibility index (Phi) is 2.37. The summed E-state index contributed by atoms with van der Waals surface area (Å²) in [4.78, 5) is 0. The first-order valence-corrected chi connectivity index (χ1v) is 5.60. The normalized spacial score (nSPS) is 56.3. The first-order valence-electron chi connectivity index (χ1n) is 5.60. The zero-order valence-electron chi connectivity index (χ0n) is 8.74. The molecule has 2 saturated carbocycles. The largest absolute Gasteiger partial charge is 0.327 e. The maximum absolute atomic E-state index is 6.23. The first kappa shape index (κ1) is 9.47. The van der Waals surface area contributed by atoms with Crippen molar-refractivity contribution in [3.8, 4) is 0 Å². The minimum atomic E-state index is 0.401. The van der Waals surface area contributed by atoms with Gasteiger partial charge in [-0.05, 0) is 42.9 Å². The van der Waals surface area contributed by atoms with Crippen LogP contribution in [0, 0.1) is 23.7 Å². The van der Waals surface area contributed by atoms with Crippen LogP contribution in [0.5, 0.6) is 0 Å². The van der Waals surface area contributed by atoms with Crippen molar-refractivity contribution in [3.05, 3.63) is 0 Å². The number of hydrogen-bond acceptors (Lipinski definition) is 2. The van der Waals surface area contributed by atoms with Gasteiger partial charge in [0.05, 0.1) is 0 Å². The summed E-state index contributed by atoms with van der Waals surface area (Å²) in [6, 6.07) is 0.805. The van der Waals surface area contributed by atoms with E-state index in [-0.39, 0.29) is 0 Å². The molecule has 0 aromatic heterocycles. The second kappa shape index (κ2) is 3.25. The molecule has 76 valence electrons. The van der Waals surface area contributed by atoms with Gasteiger partial charge >= 0.3 is 0 Å². The predicted molar refractivity (Wildman–Crippen MR) is 55.1 cm³/mol. The van der Waals surface area contributed by atoms with Gasteiger partial charge in [0.25, 0.3) is 0 Å². The Morgan fingerprint density at radius 1 is 1.00 bits per heavy atom. The molecular weight excluding hydrogens is 160 g/mol. The van der Waals surface area contributed by atoms with Crippen LogP contribution in [0.15, 0.2) is 0 Å². The Morgan fingerprint density at radius 2 is 1.69 bits per heavy atom. The lowest BCUT2D eigenvalue weighted by Crippen LogP contribution is -2.53. The van der Waals surface area contributed by atoms with Crippen LogP contribution in [-0.2, 0) is 0 Å². The monoisotopic (exact) mass is 182 g/mol. The van der Waals surface area contributed by atoms with Crippen molar-refractivity contribution in [3.63, 3.8) is 0 Å². The van der Waals surface area contributed by atoms with Crippen LogP contribution in [0.25, 0.3) is 0 Å². The maximum Gasteiger partial charge on any atom is 0.00963 e. The van der Waals surface area contributed by atoms with Gasteiger partial charge in [-0.1, -0.05) is 13.8 Å². The number of nitrogens with two attached hydrogens (primary N) is 2. The highest BCUT2D eigenvalue weighted by Crippen LogP contribution is 2.44. The zero-order valence-corrected chi connectivity index (χ0v) is 8.74. The molecule has 6 unspecified atom stereocenters. The molecule has 0 aromatic carbocycles. The van der Waals surface area contributed by atoms with Gasteiger partial charge in [-0.25, -0.2) is 0 Å². The van der Waals surface area contributed by atoms with Crippen molar-refractivity contribution in [1.29, 1.82) is 0 Å². The summed E-state index contributed by atoms with van der Waals surface area (Å²) in [7, 11) is 0. The molecule has 2 heteroatoms. The summed E-state index contributed by atoms with van der Waals surface area (Å²) in [5, 5.41) is 0. The molecule has 2 aliphatic carbocycles. The molecule has 2 fully saturated rings. The highest BCUT2D eigenvalue weighted by atomic mass is 14.8. The molecule has 0 heterocycles. The topological polar surface area (TPSA) is 52.0 Å². The zero-order chi connectivity index (χ0) is 9.59. The SMILES string of the molecule is CC1CC2CC(N)C(C)C(C2)C1N. The van der Waals surface area contributed by atoms with E-state index in [2.05, 4.69) is 13.8 Å². The molecule has 2 rings (SSSR count). The van der Waals surface area contributed by atoms with Crippen molar-refractivity contribution < 1.29 is 0 Å². The fourth-order valence-electron chi connectivity index (χ4n) is 3.42. The highest BCUT2D eigenvalue weighted by Gasteiger charge is 2.42. The third-order valence-electron chi connectivity index (χ3n) is 4.42. The highest BCUT2D eigenvalue weighted by molar-refractivity contribution is 4.97. The average molecular weight is 182 g/mol. The van der Waals surface area contributed by atoms with Crippen molar-refractivity contribution >= 4 is 0 Å². The molecule has 2 aliphatic rings. The molecule has 6 atom stereocenters. The molecule has 0 spiro atoms. The third-order valence-corrected chi connectivity index (χ3v) is 4.42. The fourth-order valence-corrected chi connectivity index (χ4v) is 3.42. The van der Waals surface area contributed by atoms with Gasteiger partial charge in [0.15, 0.2) is 0 Å². The van der Waals surface area contributed by atoms with E-state index in [0.29, 0.717) is 29.8 Å². The molecule has 4 N–H and O–H groups in total. The van der Waals surface area contributed by atoms with Gasteiger partial charge in [-0.15, -0.1) is 0 Å². The Labute approximate surface area is 81.1 Å². The quantitative estimate of drug-likeness (QED) is 0.594. The van der Waals surface area contributed by atoms with Gasteiger partial charge in [0.2, 0.25) is 0 Å². The van der Waals surface area contributed by atoms with Gasteiger partial charge in [-0.3, -0.25) is 0 Å². The van der Waals surface area contributed by atoms with Gasteiger partial charge < -0.3 is 11.5 Å². The maximum atomic E-state index is 6.23. The lowest BCUT2D eigenvalue weighted by Gasteiger charge is -2.48. The second-order valence-corrected chi connectivity index (χ2v) is 5.31. The summed E-state index contributed by atoms with van der Waals surface area (Å²) in [6.07, 6.45) is 3.87. The van der Waals surface area contributed by atoms with Crippen LogP contribution < -0.4 is 11.5 Å². The van der Waals surface area contributed by atoms with E-state index in [9.17, 15) is 0 Å². The Morgan fingerprint density at radius 3 is 2.38 bits per heavy atom. The smallest absolute Gasteiger partial charge is 0.00963 e. The van der Waals surface area contributed by atoms with Gasteiger partial charge in [0.1, 0.15) is 0 Å². The lowest BCUT2D eigenvalue weighted by molar-refractivity contribution is 0.0597. The predicted octanol–water partition coefficient (Wildman–Crippen LogP) is 1.34. The molecular formula is C11H22N2. The van der Waals surface area contributed by atoms with Crippen molar-refractivity contribution in [2.75, 3.05) is 0 Å². The Bertz CT molecular complexity index is 175. The molecule has 2 bridgehead atoms. The summed E-state index contributed by atoms with van der Waals surface area (Å²) >= 11 is 0. The van der Waals surface area contributed by atoms with E-state index in [4.69, 9.17) is 11.5 Å². The van der Waals surface area contributed by atoms with Crippen LogP contribution >= 0.6 is 0 Å². The van der Waals surface area contributed by atoms with Gasteiger partial charge in [0, 0.05) is 12.1 Å². The van der Waals surface area contributed by atoms with Crippen LogP contribution in [0.1, 0.15) is 33.1 Å². The summed E-state index contributed by atoms with van der Waals surface area (Å²) in [5.41, 5.74) is 12.3. The Balaban J connectivity index is 2.14. The van der Waals surface area contributed by atoms with Crippen molar-refractivity contribution in [1.82, 2.24) is 0 Å². The first-order chi connectivity index (χ1) is 6.09. The van der Waals surface area contributed by atoms with Crippen LogP contribution in [0.4, 0.5) is 0 Å². The molecule has 0 saturated heterocycles. The summed E-state index contributed by atoms with van der Waals surface area (Å²) in [6.45, 7) is 4.58. The second-order valence-electron chi connectivity index (χ2n) is 5.31. The number of rotatable bonds is 0. The molecule has 13 heavy (non-hydrogen) atoms. The van der Waals surface area contributed by atoms with Gasteiger partial charge in [-0.2, -0.15) is 0 Å². The van der Waals surface area contributed by atoms with E-state index in [1.807, 2.05) is 0 Å². The molecule has 0 amide bonds. The van der Waals surface area contributed by atoms with E-state index >= 15 is 0 Å². The minimum Gasteiger partial charge on any atom is -0.327 e. The van der Waals surface area contributed by atoms with E-state index in [0.717, 1.165) is 5.92 Å². The standard InChI is InChI=1S/C11H22N2/c1-6-3-8-4-9(11(6)13)7(2)10(12)5-8/h6-11H,3-5,12-13H2,1-2H3. The van der Waals surface area contributed by atoms with Crippen LogP contribution in [0.2, 0.25) is 0 Å². The molecule has 0 aliphatic heterocycles. The number of fused-ring (bicyclic) bond motifs is 2. The molecule has 0 aromatic rings. The van der Waals surface area contributed by atoms with Crippen LogP contribution in [-0.4, -0.2) is 12.1 Å². The molecule has 2 nitrogen and oxygen atoms in total. The minimum absolute atomic E-state index is 0.401. The number of hydrogen-bond donors (Lipinski definition) is 2. The van der Waals surface area contributed by atoms with E-state index in [1.54, 1.807) is 0 Å². The third kappa shape index (κ3) is 1.50. The fraction of sp³-hybridized carbons (Fsp3) is 1.00. The van der Waals surface area contributed by atoms with Crippen molar-refractivity contribution in [2.45, 2.75) is 45.2 Å². The summed E-state index contributed by atoms with van der Waals surface area (Å²) in [5.74, 6) is 2.90. The van der Waals surface area contributed by atoms with E-state index in [1.165, 1.54) is 19.3 Å². The van der Waals surface area contributed by atoms with Crippen LogP contribution in [0.3, 0.4) is 0 Å². The van der Waals surface area contributed by atoms with Crippen molar-refractivity contribution in [2.24, 2.45) is 35.1 Å². The average Bonchev–Trinajstić information content (AvgIpc) is 2.08. The summed E-state index contributed by atoms with van der Waals surface area (Å²) < 4.78 is 0. The lowest BCUT2D eigenvalue weighted by atomic mass is 9.60. The Hall–Kier alpha value is -0.0800.